The number of methoxy groups -OCH3 is 1. The second kappa shape index (κ2) is 8.56. The molecule has 1 atom stereocenters. The first kappa shape index (κ1) is 18.7. The molecule has 4 rings (SSSR count). The number of nitrogens with one attached hydrogen (secondary N) is 2. The van der Waals surface area contributed by atoms with Crippen molar-refractivity contribution in [3.05, 3.63) is 11.6 Å². The molecule has 1 aromatic rings. The number of fused-ring (bicyclic) bond motifs is 1. The molecule has 0 amide bonds. The highest BCUT2D eigenvalue weighted by atomic mass is 16.5. The lowest BCUT2D eigenvalue weighted by Gasteiger charge is -2.26. The van der Waals surface area contributed by atoms with Gasteiger partial charge in [-0.3, -0.25) is 9.89 Å². The van der Waals surface area contributed by atoms with E-state index in [1.807, 2.05) is 11.7 Å². The van der Waals surface area contributed by atoms with Gasteiger partial charge in [0, 0.05) is 52.3 Å². The molecule has 0 aromatic carbocycles. The van der Waals surface area contributed by atoms with Gasteiger partial charge in [-0.1, -0.05) is 0 Å². The Morgan fingerprint density at radius 3 is 2.85 bits per heavy atom. The summed E-state index contributed by atoms with van der Waals surface area (Å²) in [6.45, 7) is 4.64. The van der Waals surface area contributed by atoms with Gasteiger partial charge in [0.05, 0.1) is 6.54 Å². The molecule has 0 saturated heterocycles. The van der Waals surface area contributed by atoms with Crippen LogP contribution in [0.2, 0.25) is 0 Å². The first-order valence-corrected chi connectivity index (χ1v) is 10.4. The van der Waals surface area contributed by atoms with Crippen LogP contribution in [0.25, 0.3) is 0 Å². The third kappa shape index (κ3) is 5.19. The van der Waals surface area contributed by atoms with Crippen LogP contribution in [0.4, 0.5) is 0 Å². The van der Waals surface area contributed by atoms with Gasteiger partial charge >= 0.3 is 0 Å². The van der Waals surface area contributed by atoms with Gasteiger partial charge in [0.25, 0.3) is 0 Å². The second-order valence-corrected chi connectivity index (χ2v) is 8.11. The van der Waals surface area contributed by atoms with E-state index in [9.17, 15) is 0 Å². The standard InChI is InChI=1S/C19H33N7O/c1-20-19(21-9-10-25(16-6-7-16)11-14-3-4-14)22-15-5-8-18-23-17(13-27-2)24-26(18)12-15/h14-16H,3-13H2,1-2H3,(H2,20,21,22). The van der Waals surface area contributed by atoms with Crippen LogP contribution in [-0.2, 0) is 24.3 Å². The Morgan fingerprint density at radius 1 is 1.30 bits per heavy atom. The number of nitrogens with zero attached hydrogens (tertiary/aromatic N) is 5. The third-order valence-electron chi connectivity index (χ3n) is 5.68. The van der Waals surface area contributed by atoms with E-state index < -0.39 is 0 Å². The highest BCUT2D eigenvalue weighted by Gasteiger charge is 2.33. The molecule has 1 aromatic heterocycles. The molecule has 0 radical (unpaired) electrons. The van der Waals surface area contributed by atoms with E-state index in [-0.39, 0.29) is 0 Å². The van der Waals surface area contributed by atoms with Crippen molar-refractivity contribution in [3.8, 4) is 0 Å². The summed E-state index contributed by atoms with van der Waals surface area (Å²) in [5, 5.41) is 11.6. The summed E-state index contributed by atoms with van der Waals surface area (Å²) in [6, 6.07) is 1.17. The van der Waals surface area contributed by atoms with Crippen LogP contribution in [0.1, 0.15) is 43.8 Å². The normalized spacial score (nSPS) is 22.8. The van der Waals surface area contributed by atoms with Crippen LogP contribution >= 0.6 is 0 Å². The molecule has 27 heavy (non-hydrogen) atoms. The van der Waals surface area contributed by atoms with Crippen LogP contribution in [0.15, 0.2) is 4.99 Å². The smallest absolute Gasteiger partial charge is 0.191 e. The number of guanidine groups is 1. The summed E-state index contributed by atoms with van der Waals surface area (Å²) in [5.74, 6) is 3.68. The summed E-state index contributed by atoms with van der Waals surface area (Å²) < 4.78 is 7.15. The Labute approximate surface area is 161 Å². The van der Waals surface area contributed by atoms with Crippen molar-refractivity contribution in [1.29, 1.82) is 0 Å². The molecular weight excluding hydrogens is 342 g/mol. The molecule has 150 valence electrons. The summed E-state index contributed by atoms with van der Waals surface area (Å²) in [6.07, 6.45) is 7.60. The Kier molecular flexibility index (Phi) is 5.92. The third-order valence-corrected chi connectivity index (χ3v) is 5.68. The predicted octanol–water partition coefficient (Wildman–Crippen LogP) is 0.779. The van der Waals surface area contributed by atoms with Gasteiger partial charge < -0.3 is 15.4 Å². The first-order valence-electron chi connectivity index (χ1n) is 10.4. The Hall–Kier alpha value is -1.67. The molecule has 2 saturated carbocycles. The Morgan fingerprint density at radius 2 is 2.15 bits per heavy atom. The zero-order valence-electron chi connectivity index (χ0n) is 16.7. The highest BCUT2D eigenvalue weighted by molar-refractivity contribution is 5.79. The van der Waals surface area contributed by atoms with Gasteiger partial charge in [0.2, 0.25) is 0 Å². The largest absolute Gasteiger partial charge is 0.377 e. The lowest BCUT2D eigenvalue weighted by molar-refractivity contribution is 0.177. The van der Waals surface area contributed by atoms with E-state index in [2.05, 4.69) is 30.6 Å². The molecule has 2 N–H and O–H groups in total. The summed E-state index contributed by atoms with van der Waals surface area (Å²) in [4.78, 5) is 11.6. The lowest BCUT2D eigenvalue weighted by Crippen LogP contribution is -2.48. The Balaban J connectivity index is 1.22. The minimum atomic E-state index is 0.326. The number of aliphatic imine (C=N–C) groups is 1. The molecule has 3 aliphatic rings. The number of ether oxygens (including phenoxy) is 1. The number of rotatable bonds is 9. The highest BCUT2D eigenvalue weighted by Crippen LogP contribution is 2.34. The average molecular weight is 376 g/mol. The van der Waals surface area contributed by atoms with Crippen LogP contribution in [0, 0.1) is 5.92 Å². The minimum Gasteiger partial charge on any atom is -0.377 e. The molecule has 8 heteroatoms. The summed E-state index contributed by atoms with van der Waals surface area (Å²) in [5.41, 5.74) is 0. The van der Waals surface area contributed by atoms with Crippen molar-refractivity contribution < 1.29 is 4.74 Å². The average Bonchev–Trinajstić information content (AvgIpc) is 3.58. The molecule has 2 fully saturated rings. The van der Waals surface area contributed by atoms with Crippen molar-refractivity contribution in [2.45, 2.75) is 63.8 Å². The van der Waals surface area contributed by atoms with Gasteiger partial charge in [0.15, 0.2) is 11.8 Å². The van der Waals surface area contributed by atoms with Crippen LogP contribution in [-0.4, -0.2) is 71.5 Å². The topological polar surface area (TPSA) is 79.6 Å². The zero-order valence-corrected chi connectivity index (χ0v) is 16.7. The first-order chi connectivity index (χ1) is 13.2. The van der Waals surface area contributed by atoms with E-state index >= 15 is 0 Å². The van der Waals surface area contributed by atoms with Crippen LogP contribution < -0.4 is 10.6 Å². The second-order valence-electron chi connectivity index (χ2n) is 8.11. The predicted molar refractivity (Wildman–Crippen MR) is 105 cm³/mol. The van der Waals surface area contributed by atoms with E-state index in [0.29, 0.717) is 12.6 Å². The summed E-state index contributed by atoms with van der Waals surface area (Å²) in [7, 11) is 3.52. The van der Waals surface area contributed by atoms with E-state index in [0.717, 1.165) is 62.0 Å². The molecule has 1 unspecified atom stereocenters. The SMILES string of the molecule is CN=C(NCCN(CC1CC1)C1CC1)NC1CCc2nc(COC)nn2C1. The molecule has 0 bridgehead atoms. The van der Waals surface area contributed by atoms with Crippen molar-refractivity contribution in [1.82, 2.24) is 30.3 Å². The quantitative estimate of drug-likeness (QED) is 0.490. The molecule has 0 spiro atoms. The van der Waals surface area contributed by atoms with Gasteiger partial charge in [-0.05, 0) is 38.0 Å². The van der Waals surface area contributed by atoms with Gasteiger partial charge in [0.1, 0.15) is 12.4 Å². The minimum absolute atomic E-state index is 0.326. The maximum atomic E-state index is 5.14. The molecule has 1 aliphatic heterocycles. The van der Waals surface area contributed by atoms with Crippen molar-refractivity contribution in [2.24, 2.45) is 10.9 Å². The van der Waals surface area contributed by atoms with Gasteiger partial charge in [-0.25, -0.2) is 9.67 Å². The fourth-order valence-electron chi connectivity index (χ4n) is 3.87. The summed E-state index contributed by atoms with van der Waals surface area (Å²) >= 11 is 0. The number of aryl methyl sites for hydroxylation is 1. The van der Waals surface area contributed by atoms with Crippen molar-refractivity contribution in [2.75, 3.05) is 33.8 Å². The number of hydrogen-bond acceptors (Lipinski definition) is 5. The fraction of sp³-hybridized carbons (Fsp3) is 0.842. The lowest BCUT2D eigenvalue weighted by atomic mass is 10.1. The van der Waals surface area contributed by atoms with Crippen molar-refractivity contribution in [3.63, 3.8) is 0 Å². The maximum Gasteiger partial charge on any atom is 0.191 e. The van der Waals surface area contributed by atoms with E-state index in [4.69, 9.17) is 4.74 Å². The van der Waals surface area contributed by atoms with Crippen LogP contribution in [0.5, 0.6) is 0 Å². The maximum absolute atomic E-state index is 5.14. The Bertz CT molecular complexity index is 650. The van der Waals surface area contributed by atoms with Crippen LogP contribution in [0.3, 0.4) is 0 Å². The van der Waals surface area contributed by atoms with Gasteiger partial charge in [-0.15, -0.1) is 0 Å². The number of hydrogen-bond donors (Lipinski definition) is 2. The van der Waals surface area contributed by atoms with E-state index in [1.165, 1.54) is 32.2 Å². The number of aromatic nitrogens is 3. The van der Waals surface area contributed by atoms with E-state index in [1.54, 1.807) is 7.11 Å². The molecule has 2 aliphatic carbocycles. The molecule has 8 nitrogen and oxygen atoms in total. The fourth-order valence-corrected chi connectivity index (χ4v) is 3.87. The van der Waals surface area contributed by atoms with Gasteiger partial charge in [-0.2, -0.15) is 5.10 Å². The monoisotopic (exact) mass is 375 g/mol. The molecular formula is C19H33N7O. The zero-order chi connectivity index (χ0) is 18.6. The molecule has 2 heterocycles. The van der Waals surface area contributed by atoms with Crippen molar-refractivity contribution >= 4 is 5.96 Å².